The van der Waals surface area contributed by atoms with E-state index in [1.807, 2.05) is 0 Å². The summed E-state index contributed by atoms with van der Waals surface area (Å²) in [4.78, 5) is 28.2. The lowest BCUT2D eigenvalue weighted by Crippen LogP contribution is -2.55. The average molecular weight is 413 g/mol. The molecule has 0 aromatic carbocycles. The quantitative estimate of drug-likeness (QED) is 0.668. The molecule has 2 rings (SSSR count). The van der Waals surface area contributed by atoms with Crippen LogP contribution in [-0.2, 0) is 14.3 Å². The molecule has 0 aromatic heterocycles. The molecule has 1 saturated heterocycles. The molecule has 2 aliphatic rings. The van der Waals surface area contributed by atoms with E-state index in [2.05, 4.69) is 17.1 Å². The standard InChI is InChI=1S/C17H32N4O3.2ClH/c1-13-3-5-14(6-4-13)19-16(22)11-20-7-9-21(10-8-20)17(23)15(18)12-24-2;;/h13-15H,3-12,18H2,1-2H3,(H,19,22);2*1H. The summed E-state index contributed by atoms with van der Waals surface area (Å²) < 4.78 is 4.93. The molecule has 0 aromatic rings. The van der Waals surface area contributed by atoms with Crippen molar-refractivity contribution in [2.45, 2.75) is 44.7 Å². The van der Waals surface area contributed by atoms with Gasteiger partial charge in [0, 0.05) is 39.3 Å². The maximum atomic E-state index is 12.2. The monoisotopic (exact) mass is 412 g/mol. The number of nitrogens with zero attached hydrogens (tertiary/aromatic N) is 2. The van der Waals surface area contributed by atoms with Gasteiger partial charge in [0.1, 0.15) is 6.04 Å². The third-order valence-electron chi connectivity index (χ3n) is 5.10. The molecule has 1 aliphatic heterocycles. The fourth-order valence-corrected chi connectivity index (χ4v) is 3.49. The van der Waals surface area contributed by atoms with Gasteiger partial charge in [0.2, 0.25) is 11.8 Å². The number of halogens is 2. The molecule has 1 saturated carbocycles. The first-order chi connectivity index (χ1) is 11.5. The molecule has 9 heteroatoms. The molecule has 1 aliphatic carbocycles. The Morgan fingerprint density at radius 2 is 1.69 bits per heavy atom. The lowest BCUT2D eigenvalue weighted by molar-refractivity contribution is -0.135. The largest absolute Gasteiger partial charge is 0.383 e. The van der Waals surface area contributed by atoms with Crippen LogP contribution in [0.1, 0.15) is 32.6 Å². The van der Waals surface area contributed by atoms with Crippen LogP contribution in [0.25, 0.3) is 0 Å². The van der Waals surface area contributed by atoms with Gasteiger partial charge in [-0.2, -0.15) is 0 Å². The van der Waals surface area contributed by atoms with Crippen LogP contribution in [-0.4, -0.2) is 80.1 Å². The molecule has 1 unspecified atom stereocenters. The van der Waals surface area contributed by atoms with Crippen molar-refractivity contribution in [2.24, 2.45) is 11.7 Å². The third-order valence-corrected chi connectivity index (χ3v) is 5.10. The normalized spacial score (nSPS) is 24.8. The fourth-order valence-electron chi connectivity index (χ4n) is 3.49. The van der Waals surface area contributed by atoms with Gasteiger partial charge in [-0.3, -0.25) is 14.5 Å². The van der Waals surface area contributed by atoms with E-state index >= 15 is 0 Å². The van der Waals surface area contributed by atoms with E-state index in [9.17, 15) is 9.59 Å². The number of carbonyl (C=O) groups is 2. The summed E-state index contributed by atoms with van der Waals surface area (Å²) in [6.45, 7) is 5.58. The third kappa shape index (κ3) is 7.96. The average Bonchev–Trinajstić information content (AvgIpc) is 2.57. The van der Waals surface area contributed by atoms with Gasteiger partial charge in [0.25, 0.3) is 0 Å². The van der Waals surface area contributed by atoms with E-state index in [-0.39, 0.29) is 43.2 Å². The van der Waals surface area contributed by atoms with E-state index in [0.29, 0.717) is 38.8 Å². The first-order valence-corrected chi connectivity index (χ1v) is 9.04. The van der Waals surface area contributed by atoms with Gasteiger partial charge in [-0.25, -0.2) is 0 Å². The Labute approximate surface area is 169 Å². The van der Waals surface area contributed by atoms with Crippen LogP contribution in [0.4, 0.5) is 0 Å². The number of ether oxygens (including phenoxy) is 1. The summed E-state index contributed by atoms with van der Waals surface area (Å²) in [5, 5.41) is 3.16. The summed E-state index contributed by atoms with van der Waals surface area (Å²) in [5.74, 6) is 0.816. The molecule has 1 atom stereocenters. The second-order valence-corrected chi connectivity index (χ2v) is 7.19. The minimum atomic E-state index is -0.599. The highest BCUT2D eigenvalue weighted by Crippen LogP contribution is 2.23. The number of carbonyl (C=O) groups excluding carboxylic acids is 2. The molecular formula is C17H34Cl2N4O3. The van der Waals surface area contributed by atoms with Crippen molar-refractivity contribution in [1.29, 1.82) is 0 Å². The molecule has 0 radical (unpaired) electrons. The molecule has 2 fully saturated rings. The van der Waals surface area contributed by atoms with Crippen LogP contribution >= 0.6 is 24.8 Å². The SMILES string of the molecule is COCC(N)C(=O)N1CCN(CC(=O)NC2CCC(C)CC2)CC1.Cl.Cl. The van der Waals surface area contributed by atoms with Crippen LogP contribution in [0.5, 0.6) is 0 Å². The zero-order chi connectivity index (χ0) is 17.5. The Morgan fingerprint density at radius 3 is 2.23 bits per heavy atom. The van der Waals surface area contributed by atoms with E-state index in [1.165, 1.54) is 20.0 Å². The first-order valence-electron chi connectivity index (χ1n) is 9.04. The summed E-state index contributed by atoms with van der Waals surface area (Å²) >= 11 is 0. The smallest absolute Gasteiger partial charge is 0.241 e. The van der Waals surface area contributed by atoms with Gasteiger partial charge in [-0.15, -0.1) is 24.8 Å². The molecule has 7 nitrogen and oxygen atoms in total. The minimum absolute atomic E-state index is 0. The predicted octanol–water partition coefficient (Wildman–Crippen LogP) is 0.643. The maximum absolute atomic E-state index is 12.2. The second kappa shape index (κ2) is 12.7. The summed E-state index contributed by atoms with van der Waals surface area (Å²) in [7, 11) is 1.54. The lowest BCUT2D eigenvalue weighted by atomic mass is 9.87. The Bertz CT molecular complexity index is 426. The van der Waals surface area contributed by atoms with Crippen LogP contribution in [0.3, 0.4) is 0 Å². The number of nitrogens with two attached hydrogens (primary N) is 1. The summed E-state index contributed by atoms with van der Waals surface area (Å²) in [6.07, 6.45) is 4.58. The Balaban J connectivity index is 0.00000312. The molecule has 0 spiro atoms. The predicted molar refractivity (Wildman–Crippen MR) is 107 cm³/mol. The molecule has 26 heavy (non-hydrogen) atoms. The number of piperazine rings is 1. The Morgan fingerprint density at radius 1 is 1.12 bits per heavy atom. The zero-order valence-electron chi connectivity index (χ0n) is 15.8. The first kappa shape index (κ1) is 25.4. The van der Waals surface area contributed by atoms with Gasteiger partial charge < -0.3 is 20.7 Å². The van der Waals surface area contributed by atoms with Crippen molar-refractivity contribution < 1.29 is 14.3 Å². The topological polar surface area (TPSA) is 87.9 Å². The van der Waals surface area contributed by atoms with Gasteiger partial charge in [0.15, 0.2) is 0 Å². The number of amides is 2. The number of rotatable bonds is 6. The molecule has 0 bridgehead atoms. The van der Waals surface area contributed by atoms with Gasteiger partial charge in [-0.05, 0) is 31.6 Å². The van der Waals surface area contributed by atoms with Crippen molar-refractivity contribution in [2.75, 3.05) is 46.4 Å². The van der Waals surface area contributed by atoms with Crippen molar-refractivity contribution in [3.63, 3.8) is 0 Å². The summed E-state index contributed by atoms with van der Waals surface area (Å²) in [6, 6.07) is -0.262. The van der Waals surface area contributed by atoms with E-state index in [4.69, 9.17) is 10.5 Å². The number of hydrogen-bond donors (Lipinski definition) is 2. The van der Waals surface area contributed by atoms with E-state index in [1.54, 1.807) is 4.90 Å². The van der Waals surface area contributed by atoms with E-state index < -0.39 is 6.04 Å². The van der Waals surface area contributed by atoms with Crippen LogP contribution < -0.4 is 11.1 Å². The van der Waals surface area contributed by atoms with Gasteiger partial charge in [0.05, 0.1) is 13.2 Å². The highest BCUT2D eigenvalue weighted by atomic mass is 35.5. The number of nitrogens with one attached hydrogen (secondary N) is 1. The molecule has 154 valence electrons. The van der Waals surface area contributed by atoms with Crippen molar-refractivity contribution in [1.82, 2.24) is 15.1 Å². The summed E-state index contributed by atoms with van der Waals surface area (Å²) in [5.41, 5.74) is 5.79. The molecule has 3 N–H and O–H groups in total. The highest BCUT2D eigenvalue weighted by Gasteiger charge is 2.26. The minimum Gasteiger partial charge on any atom is -0.383 e. The van der Waals surface area contributed by atoms with Crippen LogP contribution in [0.15, 0.2) is 0 Å². The molecular weight excluding hydrogens is 379 g/mol. The van der Waals surface area contributed by atoms with Crippen molar-refractivity contribution in [3.05, 3.63) is 0 Å². The molecule has 1 heterocycles. The van der Waals surface area contributed by atoms with Crippen LogP contribution in [0, 0.1) is 5.92 Å². The van der Waals surface area contributed by atoms with Gasteiger partial charge >= 0.3 is 0 Å². The van der Waals surface area contributed by atoms with Crippen molar-refractivity contribution in [3.8, 4) is 0 Å². The van der Waals surface area contributed by atoms with E-state index in [0.717, 1.165) is 18.8 Å². The number of methoxy groups -OCH3 is 1. The second-order valence-electron chi connectivity index (χ2n) is 7.19. The Kier molecular flexibility index (Phi) is 12.4. The van der Waals surface area contributed by atoms with Crippen molar-refractivity contribution >= 4 is 36.6 Å². The Hall–Kier alpha value is -0.600. The van der Waals surface area contributed by atoms with Gasteiger partial charge in [-0.1, -0.05) is 6.92 Å². The zero-order valence-corrected chi connectivity index (χ0v) is 17.4. The maximum Gasteiger partial charge on any atom is 0.241 e. The molecule has 2 amide bonds. The number of hydrogen-bond acceptors (Lipinski definition) is 5. The highest BCUT2D eigenvalue weighted by molar-refractivity contribution is 5.85. The van der Waals surface area contributed by atoms with Crippen LogP contribution in [0.2, 0.25) is 0 Å². The fraction of sp³-hybridized carbons (Fsp3) is 0.882. The lowest BCUT2D eigenvalue weighted by Gasteiger charge is -2.36.